The highest BCUT2D eigenvalue weighted by Crippen LogP contribution is 2.20. The zero-order valence-electron chi connectivity index (χ0n) is 14.4. The number of rotatable bonds is 4. The molecule has 2 rings (SSSR count). The van der Waals surface area contributed by atoms with E-state index in [1.165, 1.54) is 0 Å². The molecule has 2 amide bonds. The number of carbonyl (C=O) groups is 2. The van der Waals surface area contributed by atoms with Crippen LogP contribution in [0.25, 0.3) is 0 Å². The number of aryl methyl sites for hydroxylation is 3. The van der Waals surface area contributed by atoms with Crippen LogP contribution in [0.4, 0.5) is 0 Å². The van der Waals surface area contributed by atoms with Gasteiger partial charge in [-0.1, -0.05) is 25.4 Å². The highest BCUT2D eigenvalue weighted by molar-refractivity contribution is 6.33. The summed E-state index contributed by atoms with van der Waals surface area (Å²) in [6.07, 6.45) is 0. The van der Waals surface area contributed by atoms with Crippen molar-refractivity contribution in [2.75, 3.05) is 0 Å². The lowest BCUT2D eigenvalue weighted by Gasteiger charge is -2.08. The average Bonchev–Trinajstić information content (AvgIpc) is 2.95. The van der Waals surface area contributed by atoms with Gasteiger partial charge in [-0.25, -0.2) is 0 Å². The third-order valence-electron chi connectivity index (χ3n) is 3.41. The van der Waals surface area contributed by atoms with E-state index in [1.54, 1.807) is 31.5 Å². The van der Waals surface area contributed by atoms with Crippen LogP contribution in [0.15, 0.2) is 10.5 Å². The largest absolute Gasteiger partial charge is 0.466 e. The molecular weight excluding hydrogens is 332 g/mol. The molecule has 130 valence electrons. The first kappa shape index (κ1) is 18.1. The summed E-state index contributed by atoms with van der Waals surface area (Å²) in [6.45, 7) is 9.79. The second-order valence-electron chi connectivity index (χ2n) is 6.06. The van der Waals surface area contributed by atoms with E-state index in [2.05, 4.69) is 16.0 Å². The first-order chi connectivity index (χ1) is 11.2. The Kier molecular flexibility index (Phi) is 5.33. The van der Waals surface area contributed by atoms with Crippen molar-refractivity contribution in [3.63, 3.8) is 0 Å². The number of furan rings is 1. The molecule has 2 aromatic heterocycles. The molecule has 8 heteroatoms. The molecule has 0 aliphatic carbocycles. The summed E-state index contributed by atoms with van der Waals surface area (Å²) in [5.74, 6) is 0.473. The summed E-state index contributed by atoms with van der Waals surface area (Å²) >= 11 is 6.24. The molecule has 0 unspecified atom stereocenters. The lowest BCUT2D eigenvalue weighted by molar-refractivity contribution is 0.0845. The molecule has 0 bridgehead atoms. The van der Waals surface area contributed by atoms with Crippen molar-refractivity contribution in [2.24, 2.45) is 5.92 Å². The number of nitrogens with one attached hydrogen (secondary N) is 2. The van der Waals surface area contributed by atoms with E-state index in [4.69, 9.17) is 16.0 Å². The van der Waals surface area contributed by atoms with E-state index < -0.39 is 11.8 Å². The smallest absolute Gasteiger partial charge is 0.274 e. The predicted octanol–water partition coefficient (Wildman–Crippen LogP) is 2.79. The zero-order chi connectivity index (χ0) is 18.0. The molecule has 0 aliphatic heterocycles. The minimum atomic E-state index is -0.515. The number of carbonyl (C=O) groups excluding carboxylic acids is 2. The fraction of sp³-hybridized carbons (Fsp3) is 0.438. The quantitative estimate of drug-likeness (QED) is 0.828. The Morgan fingerprint density at radius 2 is 1.88 bits per heavy atom. The van der Waals surface area contributed by atoms with E-state index in [0.717, 1.165) is 0 Å². The third-order valence-corrected chi connectivity index (χ3v) is 3.79. The Labute approximate surface area is 145 Å². The van der Waals surface area contributed by atoms with Gasteiger partial charge < -0.3 is 4.42 Å². The number of amides is 2. The number of aromatic nitrogens is 2. The summed E-state index contributed by atoms with van der Waals surface area (Å²) in [5.41, 5.74) is 5.84. The zero-order valence-corrected chi connectivity index (χ0v) is 15.1. The monoisotopic (exact) mass is 352 g/mol. The Bertz CT molecular complexity index is 777. The molecule has 0 aromatic carbocycles. The molecule has 0 fully saturated rings. The average molecular weight is 353 g/mol. The summed E-state index contributed by atoms with van der Waals surface area (Å²) < 4.78 is 6.88. The van der Waals surface area contributed by atoms with Gasteiger partial charge in [-0.2, -0.15) is 5.10 Å². The summed E-state index contributed by atoms with van der Waals surface area (Å²) in [7, 11) is 0. The van der Waals surface area contributed by atoms with Gasteiger partial charge in [0.25, 0.3) is 11.8 Å². The molecule has 0 saturated heterocycles. The van der Waals surface area contributed by atoms with Crippen LogP contribution in [-0.2, 0) is 6.54 Å². The Hall–Kier alpha value is -2.28. The Morgan fingerprint density at radius 3 is 2.42 bits per heavy atom. The van der Waals surface area contributed by atoms with Crippen LogP contribution in [0, 0.1) is 26.7 Å². The van der Waals surface area contributed by atoms with Gasteiger partial charge in [-0.15, -0.1) is 0 Å². The van der Waals surface area contributed by atoms with Crippen molar-refractivity contribution >= 4 is 23.4 Å². The maximum atomic E-state index is 12.3. The number of nitrogens with zero attached hydrogens (tertiary/aromatic N) is 2. The van der Waals surface area contributed by atoms with E-state index in [0.29, 0.717) is 35.2 Å². The normalized spacial score (nSPS) is 11.0. The second kappa shape index (κ2) is 7.09. The van der Waals surface area contributed by atoms with Gasteiger partial charge in [0.1, 0.15) is 22.2 Å². The van der Waals surface area contributed by atoms with Crippen molar-refractivity contribution < 1.29 is 14.0 Å². The Morgan fingerprint density at radius 1 is 1.25 bits per heavy atom. The van der Waals surface area contributed by atoms with Crippen LogP contribution in [0.2, 0.25) is 5.15 Å². The predicted molar refractivity (Wildman–Crippen MR) is 89.9 cm³/mol. The minimum Gasteiger partial charge on any atom is -0.466 e. The lowest BCUT2D eigenvalue weighted by Crippen LogP contribution is -2.42. The van der Waals surface area contributed by atoms with E-state index in [9.17, 15) is 9.59 Å². The maximum absolute atomic E-state index is 12.3. The van der Waals surface area contributed by atoms with Crippen molar-refractivity contribution in [2.45, 2.75) is 41.2 Å². The van der Waals surface area contributed by atoms with E-state index >= 15 is 0 Å². The molecule has 2 heterocycles. The van der Waals surface area contributed by atoms with Gasteiger partial charge in [0.05, 0.1) is 11.3 Å². The second-order valence-corrected chi connectivity index (χ2v) is 6.42. The molecule has 0 saturated carbocycles. The minimum absolute atomic E-state index is 0.248. The van der Waals surface area contributed by atoms with E-state index in [-0.39, 0.29) is 10.7 Å². The molecule has 7 nitrogen and oxygen atoms in total. The summed E-state index contributed by atoms with van der Waals surface area (Å²) in [5, 5.41) is 4.52. The number of hydrogen-bond acceptors (Lipinski definition) is 4. The first-order valence-electron chi connectivity index (χ1n) is 7.61. The Balaban J connectivity index is 2.09. The number of hydrazine groups is 1. The lowest BCUT2D eigenvalue weighted by atomic mass is 10.2. The molecule has 0 aliphatic rings. The fourth-order valence-electron chi connectivity index (χ4n) is 2.38. The van der Waals surface area contributed by atoms with Crippen LogP contribution in [0.1, 0.15) is 51.8 Å². The summed E-state index contributed by atoms with van der Waals surface area (Å²) in [6, 6.07) is 1.61. The van der Waals surface area contributed by atoms with Crippen LogP contribution in [0.5, 0.6) is 0 Å². The SMILES string of the molecule is Cc1cc(C(=O)NNC(=O)c2c(C)nn(CC(C)C)c2Cl)c(C)o1. The molecule has 24 heavy (non-hydrogen) atoms. The maximum Gasteiger partial charge on any atom is 0.274 e. The van der Waals surface area contributed by atoms with Crippen LogP contribution in [0.3, 0.4) is 0 Å². The van der Waals surface area contributed by atoms with E-state index in [1.807, 2.05) is 13.8 Å². The highest BCUT2D eigenvalue weighted by atomic mass is 35.5. The van der Waals surface area contributed by atoms with Crippen molar-refractivity contribution in [1.29, 1.82) is 0 Å². The third kappa shape index (κ3) is 3.79. The summed E-state index contributed by atoms with van der Waals surface area (Å²) in [4.78, 5) is 24.4. The molecule has 0 atom stereocenters. The fourth-order valence-corrected chi connectivity index (χ4v) is 2.71. The van der Waals surface area contributed by atoms with Crippen molar-refractivity contribution in [3.8, 4) is 0 Å². The standard InChI is InChI=1S/C16H21ClN4O3/c1-8(2)7-21-14(17)13(10(4)20-21)16(23)19-18-15(22)12-6-9(3)24-11(12)5/h6,8H,7H2,1-5H3,(H,18,22)(H,19,23). The molecule has 0 radical (unpaired) electrons. The molecule has 0 spiro atoms. The number of hydrogen-bond donors (Lipinski definition) is 2. The highest BCUT2D eigenvalue weighted by Gasteiger charge is 2.22. The van der Waals surface area contributed by atoms with Crippen LogP contribution in [-0.4, -0.2) is 21.6 Å². The van der Waals surface area contributed by atoms with Crippen molar-refractivity contribution in [1.82, 2.24) is 20.6 Å². The van der Waals surface area contributed by atoms with Gasteiger partial charge in [0.15, 0.2) is 0 Å². The molecule has 2 N–H and O–H groups in total. The van der Waals surface area contributed by atoms with Gasteiger partial charge in [-0.05, 0) is 32.8 Å². The first-order valence-corrected chi connectivity index (χ1v) is 7.99. The van der Waals surface area contributed by atoms with Gasteiger partial charge in [0.2, 0.25) is 0 Å². The van der Waals surface area contributed by atoms with Crippen LogP contribution >= 0.6 is 11.6 Å². The van der Waals surface area contributed by atoms with Gasteiger partial charge in [0, 0.05) is 6.54 Å². The van der Waals surface area contributed by atoms with Gasteiger partial charge >= 0.3 is 0 Å². The van der Waals surface area contributed by atoms with Gasteiger partial charge in [-0.3, -0.25) is 25.1 Å². The van der Waals surface area contributed by atoms with Crippen LogP contribution < -0.4 is 10.9 Å². The number of halogens is 1. The molecule has 2 aromatic rings. The van der Waals surface area contributed by atoms with Crippen molar-refractivity contribution in [3.05, 3.63) is 39.6 Å². The topological polar surface area (TPSA) is 89.2 Å². The molecular formula is C16H21ClN4O3.